The molecule has 0 saturated heterocycles. The molecule has 2 heterocycles. The molecule has 0 fully saturated rings. The van der Waals surface area contributed by atoms with Gasteiger partial charge in [-0.05, 0) is 42.7 Å². The van der Waals surface area contributed by atoms with Crippen LogP contribution in [0.15, 0.2) is 72.9 Å². The summed E-state index contributed by atoms with van der Waals surface area (Å²) < 4.78 is 2.39. The summed E-state index contributed by atoms with van der Waals surface area (Å²) in [4.78, 5) is 4.67. The molecule has 0 aliphatic carbocycles. The summed E-state index contributed by atoms with van der Waals surface area (Å²) in [5.41, 5.74) is 7.33. The number of fused-ring (bicyclic) bond motifs is 1. The Hall–Kier alpha value is -2.84. The Morgan fingerprint density at radius 3 is 2.22 bits per heavy atom. The Bertz CT molecular complexity index is 1060. The van der Waals surface area contributed by atoms with E-state index >= 15 is 0 Å². The minimum atomic E-state index is 0. The second kappa shape index (κ2) is 8.24. The lowest BCUT2D eigenvalue weighted by molar-refractivity contribution is 0.798. The van der Waals surface area contributed by atoms with E-state index in [1.54, 1.807) is 0 Å². The van der Waals surface area contributed by atoms with Crippen LogP contribution in [0.1, 0.15) is 28.1 Å². The van der Waals surface area contributed by atoms with Gasteiger partial charge < -0.3 is 4.57 Å². The third-order valence-electron chi connectivity index (χ3n) is 4.99. The lowest BCUT2D eigenvalue weighted by Gasteiger charge is -2.10. The van der Waals surface area contributed by atoms with Crippen molar-refractivity contribution in [2.45, 2.75) is 20.4 Å². The molecule has 2 aromatic heterocycles. The molecule has 0 bridgehead atoms. The second-order valence-electron chi connectivity index (χ2n) is 6.62. The SMILES string of the molecule is Cc1c(C)n(Cc2ccccc2)c2c(C=Cc3ccccc3)nccc12.Cl. The lowest BCUT2D eigenvalue weighted by atomic mass is 10.1. The first-order valence-electron chi connectivity index (χ1n) is 8.95. The van der Waals surface area contributed by atoms with Gasteiger partial charge in [0, 0.05) is 23.8 Å². The van der Waals surface area contributed by atoms with E-state index in [1.165, 1.54) is 33.3 Å². The normalized spacial score (nSPS) is 11.0. The summed E-state index contributed by atoms with van der Waals surface area (Å²) in [5.74, 6) is 0. The Morgan fingerprint density at radius 1 is 0.852 bits per heavy atom. The largest absolute Gasteiger partial charge is 0.338 e. The molecule has 27 heavy (non-hydrogen) atoms. The van der Waals surface area contributed by atoms with Crippen LogP contribution in [0.5, 0.6) is 0 Å². The summed E-state index contributed by atoms with van der Waals surface area (Å²) in [6.45, 7) is 5.25. The van der Waals surface area contributed by atoms with E-state index < -0.39 is 0 Å². The molecule has 0 atom stereocenters. The van der Waals surface area contributed by atoms with Gasteiger partial charge in [-0.15, -0.1) is 12.4 Å². The number of nitrogens with zero attached hydrogens (tertiary/aromatic N) is 2. The number of halogens is 1. The van der Waals surface area contributed by atoms with Crippen LogP contribution in [0.2, 0.25) is 0 Å². The summed E-state index contributed by atoms with van der Waals surface area (Å²) >= 11 is 0. The molecular weight excluding hydrogens is 352 g/mol. The third kappa shape index (κ3) is 3.81. The fraction of sp³-hybridized carbons (Fsp3) is 0.125. The standard InChI is InChI=1S/C24H22N2.ClH/c1-18-19(2)26(17-21-11-7-4-8-12-21)24-22(18)15-16-25-23(24)14-13-20-9-5-3-6-10-20;/h3-16H,17H2,1-2H3;1H. The van der Waals surface area contributed by atoms with Gasteiger partial charge >= 0.3 is 0 Å². The molecule has 2 nitrogen and oxygen atoms in total. The van der Waals surface area contributed by atoms with Gasteiger partial charge in [-0.1, -0.05) is 66.7 Å². The molecular formula is C24H23ClN2. The van der Waals surface area contributed by atoms with E-state index in [2.05, 4.69) is 96.2 Å². The van der Waals surface area contributed by atoms with Gasteiger partial charge in [-0.2, -0.15) is 0 Å². The number of aryl methyl sites for hydroxylation is 1. The maximum atomic E-state index is 4.67. The zero-order valence-corrected chi connectivity index (χ0v) is 16.4. The van der Waals surface area contributed by atoms with Gasteiger partial charge in [0.05, 0.1) is 11.2 Å². The molecule has 3 heteroatoms. The topological polar surface area (TPSA) is 17.8 Å². The van der Waals surface area contributed by atoms with Crippen molar-refractivity contribution in [1.82, 2.24) is 9.55 Å². The molecule has 4 aromatic rings. The Balaban J connectivity index is 0.00000210. The van der Waals surface area contributed by atoms with Gasteiger partial charge in [0.2, 0.25) is 0 Å². The number of benzene rings is 2. The average Bonchev–Trinajstić information content (AvgIpc) is 2.93. The zero-order chi connectivity index (χ0) is 17.9. The Morgan fingerprint density at radius 2 is 1.52 bits per heavy atom. The Labute approximate surface area is 166 Å². The first-order chi connectivity index (χ1) is 12.7. The molecule has 136 valence electrons. The quantitative estimate of drug-likeness (QED) is 0.410. The first-order valence-corrected chi connectivity index (χ1v) is 8.95. The van der Waals surface area contributed by atoms with Crippen LogP contribution in [-0.2, 0) is 6.54 Å². The maximum Gasteiger partial charge on any atom is 0.0873 e. The van der Waals surface area contributed by atoms with Gasteiger partial charge in [0.15, 0.2) is 0 Å². The molecule has 0 N–H and O–H groups in total. The van der Waals surface area contributed by atoms with Crippen molar-refractivity contribution in [2.24, 2.45) is 0 Å². The summed E-state index contributed by atoms with van der Waals surface area (Å²) in [6.07, 6.45) is 6.16. The monoisotopic (exact) mass is 374 g/mol. The Kier molecular flexibility index (Phi) is 5.78. The van der Waals surface area contributed by atoms with Crippen molar-refractivity contribution in [2.75, 3.05) is 0 Å². The van der Waals surface area contributed by atoms with E-state index in [-0.39, 0.29) is 12.4 Å². The predicted octanol–water partition coefficient (Wildman–Crippen LogP) is 6.29. The number of pyridine rings is 1. The van der Waals surface area contributed by atoms with Crippen molar-refractivity contribution < 1.29 is 0 Å². The minimum absolute atomic E-state index is 0. The van der Waals surface area contributed by atoms with Crippen LogP contribution in [0.4, 0.5) is 0 Å². The molecule has 0 unspecified atom stereocenters. The number of rotatable bonds is 4. The highest BCUT2D eigenvalue weighted by Crippen LogP contribution is 2.28. The van der Waals surface area contributed by atoms with Crippen molar-refractivity contribution in [1.29, 1.82) is 0 Å². The van der Waals surface area contributed by atoms with E-state index in [9.17, 15) is 0 Å². The average molecular weight is 375 g/mol. The third-order valence-corrected chi connectivity index (χ3v) is 4.99. The van der Waals surface area contributed by atoms with Crippen molar-refractivity contribution in [3.05, 3.63) is 101 Å². The van der Waals surface area contributed by atoms with Gasteiger partial charge in [-0.3, -0.25) is 4.98 Å². The van der Waals surface area contributed by atoms with E-state index in [1.807, 2.05) is 12.3 Å². The van der Waals surface area contributed by atoms with Gasteiger partial charge in [0.1, 0.15) is 0 Å². The molecule has 4 rings (SSSR count). The van der Waals surface area contributed by atoms with Crippen LogP contribution in [-0.4, -0.2) is 9.55 Å². The molecule has 0 radical (unpaired) electrons. The predicted molar refractivity (Wildman–Crippen MR) is 117 cm³/mol. The highest BCUT2D eigenvalue weighted by atomic mass is 35.5. The highest BCUT2D eigenvalue weighted by Gasteiger charge is 2.14. The van der Waals surface area contributed by atoms with E-state index in [0.717, 1.165) is 12.2 Å². The van der Waals surface area contributed by atoms with Crippen molar-refractivity contribution in [3.63, 3.8) is 0 Å². The fourth-order valence-electron chi connectivity index (χ4n) is 3.45. The van der Waals surface area contributed by atoms with Gasteiger partial charge in [0.25, 0.3) is 0 Å². The molecule has 2 aromatic carbocycles. The van der Waals surface area contributed by atoms with Crippen LogP contribution >= 0.6 is 12.4 Å². The molecule has 0 aliphatic heterocycles. The van der Waals surface area contributed by atoms with Crippen molar-refractivity contribution in [3.8, 4) is 0 Å². The molecule has 0 saturated carbocycles. The van der Waals surface area contributed by atoms with Crippen LogP contribution < -0.4 is 0 Å². The van der Waals surface area contributed by atoms with Gasteiger partial charge in [-0.25, -0.2) is 0 Å². The van der Waals surface area contributed by atoms with Crippen molar-refractivity contribution >= 4 is 35.5 Å². The smallest absolute Gasteiger partial charge is 0.0873 e. The zero-order valence-electron chi connectivity index (χ0n) is 15.6. The summed E-state index contributed by atoms with van der Waals surface area (Å²) in [5, 5.41) is 1.28. The van der Waals surface area contributed by atoms with Crippen LogP contribution in [0.25, 0.3) is 23.1 Å². The number of hydrogen-bond acceptors (Lipinski definition) is 1. The summed E-state index contributed by atoms with van der Waals surface area (Å²) in [6, 6.07) is 23.1. The van der Waals surface area contributed by atoms with E-state index in [0.29, 0.717) is 0 Å². The fourth-order valence-corrected chi connectivity index (χ4v) is 3.45. The maximum absolute atomic E-state index is 4.67. The molecule has 0 aliphatic rings. The van der Waals surface area contributed by atoms with Crippen LogP contribution in [0.3, 0.4) is 0 Å². The second-order valence-corrected chi connectivity index (χ2v) is 6.62. The number of hydrogen-bond donors (Lipinski definition) is 0. The molecule has 0 spiro atoms. The number of aromatic nitrogens is 2. The molecule has 0 amide bonds. The first kappa shape index (κ1) is 18.9. The minimum Gasteiger partial charge on any atom is -0.338 e. The lowest BCUT2D eigenvalue weighted by Crippen LogP contribution is -2.03. The summed E-state index contributed by atoms with van der Waals surface area (Å²) in [7, 11) is 0. The van der Waals surface area contributed by atoms with E-state index in [4.69, 9.17) is 0 Å². The van der Waals surface area contributed by atoms with Crippen LogP contribution in [0, 0.1) is 13.8 Å². The highest BCUT2D eigenvalue weighted by molar-refractivity contribution is 5.92.